The van der Waals surface area contributed by atoms with Crippen molar-refractivity contribution in [3.8, 4) is 0 Å². The normalized spacial score (nSPS) is 16.4. The molecule has 1 unspecified atom stereocenters. The minimum atomic E-state index is -0.483. The highest BCUT2D eigenvalue weighted by molar-refractivity contribution is 5.84. The largest absolute Gasteiger partial charge is 0.444 e. The minimum Gasteiger partial charge on any atom is -0.444 e. The Kier molecular flexibility index (Phi) is 4.88. The van der Waals surface area contributed by atoms with Crippen LogP contribution in [0.5, 0.6) is 0 Å². The second kappa shape index (κ2) is 6.48. The zero-order valence-electron chi connectivity index (χ0n) is 13.4. The van der Waals surface area contributed by atoms with Crippen LogP contribution in [0.2, 0.25) is 0 Å². The smallest absolute Gasteiger partial charge is 0.412 e. The van der Waals surface area contributed by atoms with Gasteiger partial charge < -0.3 is 10.1 Å². The maximum atomic E-state index is 11.8. The Hall–Kier alpha value is -1.55. The molecule has 1 aliphatic rings. The summed E-state index contributed by atoms with van der Waals surface area (Å²) in [7, 11) is 0. The molecule has 1 aliphatic carbocycles. The van der Waals surface area contributed by atoms with Gasteiger partial charge in [-0.1, -0.05) is 12.1 Å². The van der Waals surface area contributed by atoms with E-state index in [1.807, 2.05) is 39.0 Å². The summed E-state index contributed by atoms with van der Waals surface area (Å²) in [5.74, 6) is 0.841. The van der Waals surface area contributed by atoms with E-state index >= 15 is 0 Å². The molecule has 4 heteroatoms. The van der Waals surface area contributed by atoms with Crippen molar-refractivity contribution in [1.82, 2.24) is 5.32 Å². The Bertz CT molecular complexity index is 490. The number of benzene rings is 1. The van der Waals surface area contributed by atoms with Crippen LogP contribution in [0, 0.1) is 5.92 Å². The van der Waals surface area contributed by atoms with E-state index in [1.165, 1.54) is 12.8 Å². The molecule has 0 saturated heterocycles. The van der Waals surface area contributed by atoms with Crippen LogP contribution < -0.4 is 10.6 Å². The van der Waals surface area contributed by atoms with Gasteiger partial charge in [0.2, 0.25) is 0 Å². The molecule has 1 atom stereocenters. The molecule has 0 bridgehead atoms. The summed E-state index contributed by atoms with van der Waals surface area (Å²) in [4.78, 5) is 11.8. The highest BCUT2D eigenvalue weighted by Crippen LogP contribution is 2.32. The monoisotopic (exact) mass is 290 g/mol. The van der Waals surface area contributed by atoms with Crippen LogP contribution in [0.1, 0.15) is 46.1 Å². The van der Waals surface area contributed by atoms with Gasteiger partial charge in [-0.3, -0.25) is 5.32 Å². The molecule has 1 amide bonds. The number of carbonyl (C=O) groups is 1. The van der Waals surface area contributed by atoms with E-state index in [0.717, 1.165) is 23.7 Å². The van der Waals surface area contributed by atoms with Crippen LogP contribution in [-0.4, -0.2) is 17.7 Å². The summed E-state index contributed by atoms with van der Waals surface area (Å²) >= 11 is 0. The average Bonchev–Trinajstić information content (AvgIpc) is 3.18. The maximum absolute atomic E-state index is 11.8. The quantitative estimate of drug-likeness (QED) is 0.864. The first-order valence-corrected chi connectivity index (χ1v) is 7.66. The predicted molar refractivity (Wildman–Crippen MR) is 85.3 cm³/mol. The van der Waals surface area contributed by atoms with Gasteiger partial charge >= 0.3 is 6.09 Å². The standard InChI is InChI=1S/C17H26N2O2/c1-12(14-8-9-14)18-11-13-6-5-7-15(10-13)19-16(20)21-17(2,3)4/h5-7,10,12,14,18H,8-9,11H2,1-4H3,(H,19,20). The molecule has 4 nitrogen and oxygen atoms in total. The second-order valence-corrected chi connectivity index (χ2v) is 6.83. The van der Waals surface area contributed by atoms with E-state index in [0.29, 0.717) is 6.04 Å². The summed E-state index contributed by atoms with van der Waals surface area (Å²) in [5.41, 5.74) is 1.45. The molecular weight excluding hydrogens is 264 g/mol. The number of anilines is 1. The third-order valence-electron chi connectivity index (χ3n) is 3.53. The fraction of sp³-hybridized carbons (Fsp3) is 0.588. The molecule has 21 heavy (non-hydrogen) atoms. The number of rotatable bonds is 5. The van der Waals surface area contributed by atoms with E-state index < -0.39 is 11.7 Å². The third-order valence-corrected chi connectivity index (χ3v) is 3.53. The molecule has 0 heterocycles. The molecule has 0 spiro atoms. The van der Waals surface area contributed by atoms with Crippen molar-refractivity contribution in [2.75, 3.05) is 5.32 Å². The Morgan fingerprint density at radius 2 is 2.10 bits per heavy atom. The second-order valence-electron chi connectivity index (χ2n) is 6.83. The van der Waals surface area contributed by atoms with Gasteiger partial charge in [0, 0.05) is 18.3 Å². The lowest BCUT2D eigenvalue weighted by atomic mass is 10.1. The van der Waals surface area contributed by atoms with Crippen LogP contribution in [0.3, 0.4) is 0 Å². The molecular formula is C17H26N2O2. The first-order valence-electron chi connectivity index (χ1n) is 7.66. The van der Waals surface area contributed by atoms with E-state index in [9.17, 15) is 4.79 Å². The number of carbonyl (C=O) groups excluding carboxylic acids is 1. The van der Waals surface area contributed by atoms with Crippen LogP contribution in [0.4, 0.5) is 10.5 Å². The van der Waals surface area contributed by atoms with Gasteiger partial charge in [-0.15, -0.1) is 0 Å². The zero-order valence-corrected chi connectivity index (χ0v) is 13.4. The van der Waals surface area contributed by atoms with Crippen molar-refractivity contribution in [3.05, 3.63) is 29.8 Å². The van der Waals surface area contributed by atoms with Crippen molar-refractivity contribution in [3.63, 3.8) is 0 Å². The molecule has 116 valence electrons. The SMILES string of the molecule is CC(NCc1cccc(NC(=O)OC(C)(C)C)c1)C1CC1. The van der Waals surface area contributed by atoms with Crippen molar-refractivity contribution in [2.45, 2.75) is 58.7 Å². The molecule has 2 N–H and O–H groups in total. The topological polar surface area (TPSA) is 50.4 Å². The van der Waals surface area contributed by atoms with Gasteiger partial charge in [-0.2, -0.15) is 0 Å². The lowest BCUT2D eigenvalue weighted by Gasteiger charge is -2.20. The Balaban J connectivity index is 1.86. The number of ether oxygens (including phenoxy) is 1. The third kappa shape index (κ3) is 5.76. The van der Waals surface area contributed by atoms with Crippen molar-refractivity contribution < 1.29 is 9.53 Å². The molecule has 2 rings (SSSR count). The summed E-state index contributed by atoms with van der Waals surface area (Å²) in [6, 6.07) is 8.43. The van der Waals surface area contributed by atoms with Crippen LogP contribution in [0.25, 0.3) is 0 Å². The first kappa shape index (κ1) is 15.8. The van der Waals surface area contributed by atoms with Crippen molar-refractivity contribution in [1.29, 1.82) is 0 Å². The van der Waals surface area contributed by atoms with E-state index in [2.05, 4.69) is 23.6 Å². The van der Waals surface area contributed by atoms with Crippen LogP contribution >= 0.6 is 0 Å². The van der Waals surface area contributed by atoms with Crippen LogP contribution in [0.15, 0.2) is 24.3 Å². The molecule has 1 aromatic rings. The van der Waals surface area contributed by atoms with Gasteiger partial charge in [-0.05, 0) is 64.2 Å². The fourth-order valence-electron chi connectivity index (χ4n) is 2.22. The molecule has 1 fully saturated rings. The van der Waals surface area contributed by atoms with Gasteiger partial charge in [-0.25, -0.2) is 4.79 Å². The van der Waals surface area contributed by atoms with E-state index in [4.69, 9.17) is 4.74 Å². The fourth-order valence-corrected chi connectivity index (χ4v) is 2.22. The van der Waals surface area contributed by atoms with Gasteiger partial charge in [0.05, 0.1) is 0 Å². The van der Waals surface area contributed by atoms with Crippen molar-refractivity contribution >= 4 is 11.8 Å². The van der Waals surface area contributed by atoms with Crippen LogP contribution in [-0.2, 0) is 11.3 Å². The predicted octanol–water partition coefficient (Wildman–Crippen LogP) is 3.92. The molecule has 1 saturated carbocycles. The lowest BCUT2D eigenvalue weighted by Crippen LogP contribution is -2.28. The highest BCUT2D eigenvalue weighted by Gasteiger charge is 2.27. The number of hydrogen-bond donors (Lipinski definition) is 2. The number of hydrogen-bond acceptors (Lipinski definition) is 3. The Morgan fingerprint density at radius 3 is 2.71 bits per heavy atom. The Labute approximate surface area is 127 Å². The van der Waals surface area contributed by atoms with E-state index in [1.54, 1.807) is 0 Å². The van der Waals surface area contributed by atoms with Gasteiger partial charge in [0.15, 0.2) is 0 Å². The highest BCUT2D eigenvalue weighted by atomic mass is 16.6. The average molecular weight is 290 g/mol. The van der Waals surface area contributed by atoms with Crippen molar-refractivity contribution in [2.24, 2.45) is 5.92 Å². The number of amides is 1. The first-order chi connectivity index (χ1) is 9.83. The van der Waals surface area contributed by atoms with Gasteiger partial charge in [0.25, 0.3) is 0 Å². The molecule has 0 aromatic heterocycles. The maximum Gasteiger partial charge on any atom is 0.412 e. The minimum absolute atomic E-state index is 0.418. The molecule has 1 aromatic carbocycles. The molecule has 0 aliphatic heterocycles. The summed E-state index contributed by atoms with van der Waals surface area (Å²) in [6.45, 7) is 8.62. The number of nitrogens with one attached hydrogen (secondary N) is 2. The van der Waals surface area contributed by atoms with Gasteiger partial charge in [0.1, 0.15) is 5.60 Å². The Morgan fingerprint density at radius 1 is 1.38 bits per heavy atom. The summed E-state index contributed by atoms with van der Waals surface area (Å²) < 4.78 is 5.25. The lowest BCUT2D eigenvalue weighted by molar-refractivity contribution is 0.0636. The summed E-state index contributed by atoms with van der Waals surface area (Å²) in [6.07, 6.45) is 2.27. The van der Waals surface area contributed by atoms with E-state index in [-0.39, 0.29) is 0 Å². The zero-order chi connectivity index (χ0) is 15.5. The summed E-state index contributed by atoms with van der Waals surface area (Å²) in [5, 5.41) is 6.31. The molecule has 0 radical (unpaired) electrons.